The van der Waals surface area contributed by atoms with Crippen LogP contribution in [0.4, 0.5) is 0 Å². The van der Waals surface area contributed by atoms with Gasteiger partial charge < -0.3 is 4.74 Å². The third-order valence-corrected chi connectivity index (χ3v) is 5.73. The SMILES string of the molecule is O=C(OC[C@@H]1CCCN1Cc1ccccc1)[C@@H]1C[C@@H]2C=C[C@H]1C2. The van der Waals surface area contributed by atoms with Crippen molar-refractivity contribution in [3.63, 3.8) is 0 Å². The van der Waals surface area contributed by atoms with E-state index < -0.39 is 0 Å². The number of hydrogen-bond donors (Lipinski definition) is 0. The number of likely N-dealkylation sites (tertiary alicyclic amines) is 1. The number of nitrogens with zero attached hydrogens (tertiary/aromatic N) is 1. The van der Waals surface area contributed by atoms with Crippen molar-refractivity contribution in [1.82, 2.24) is 4.90 Å². The van der Waals surface area contributed by atoms with Gasteiger partial charge in [0.05, 0.1) is 5.92 Å². The van der Waals surface area contributed by atoms with Gasteiger partial charge in [0.2, 0.25) is 0 Å². The minimum Gasteiger partial charge on any atom is -0.464 e. The first-order chi connectivity index (χ1) is 11.3. The molecule has 2 bridgehead atoms. The first kappa shape index (κ1) is 14.9. The molecule has 1 aromatic rings. The molecule has 0 unspecified atom stereocenters. The fourth-order valence-electron chi connectivity index (χ4n) is 4.45. The molecule has 4 atom stereocenters. The molecule has 0 aromatic heterocycles. The molecule has 4 rings (SSSR count). The maximum absolute atomic E-state index is 12.4. The first-order valence-corrected chi connectivity index (χ1v) is 8.92. The summed E-state index contributed by atoms with van der Waals surface area (Å²) in [4.78, 5) is 14.8. The van der Waals surface area contributed by atoms with Crippen LogP contribution in [0.1, 0.15) is 31.2 Å². The zero-order valence-electron chi connectivity index (χ0n) is 13.6. The van der Waals surface area contributed by atoms with Gasteiger partial charge in [-0.3, -0.25) is 9.69 Å². The molecule has 3 aliphatic rings. The molecule has 0 N–H and O–H groups in total. The van der Waals surface area contributed by atoms with Gasteiger partial charge in [0.15, 0.2) is 0 Å². The number of allylic oxidation sites excluding steroid dienone is 2. The van der Waals surface area contributed by atoms with E-state index in [1.165, 1.54) is 12.0 Å². The summed E-state index contributed by atoms with van der Waals surface area (Å²) in [6, 6.07) is 10.9. The van der Waals surface area contributed by atoms with Gasteiger partial charge in [-0.2, -0.15) is 0 Å². The summed E-state index contributed by atoms with van der Waals surface area (Å²) in [5.41, 5.74) is 1.34. The van der Waals surface area contributed by atoms with E-state index in [4.69, 9.17) is 4.74 Å². The van der Waals surface area contributed by atoms with Gasteiger partial charge in [0.1, 0.15) is 6.61 Å². The number of carbonyl (C=O) groups is 1. The fourth-order valence-corrected chi connectivity index (χ4v) is 4.45. The second kappa shape index (κ2) is 6.48. The van der Waals surface area contributed by atoms with Gasteiger partial charge in [-0.25, -0.2) is 0 Å². The Morgan fingerprint density at radius 1 is 1.17 bits per heavy atom. The molecule has 1 aromatic carbocycles. The predicted octanol–water partition coefficient (Wildman–Crippen LogP) is 3.41. The minimum absolute atomic E-state index is 0.0356. The van der Waals surface area contributed by atoms with E-state index in [0.717, 1.165) is 32.4 Å². The molecule has 0 spiro atoms. The van der Waals surface area contributed by atoms with Crippen molar-refractivity contribution in [3.8, 4) is 0 Å². The Labute approximate surface area is 138 Å². The average Bonchev–Trinajstić information content (AvgIpc) is 3.30. The van der Waals surface area contributed by atoms with Crippen molar-refractivity contribution in [2.75, 3.05) is 13.2 Å². The standard InChI is InChI=1S/C20H25NO2/c22-20(19-12-16-8-9-17(19)11-16)23-14-18-7-4-10-21(18)13-15-5-2-1-3-6-15/h1-3,5-6,8-9,16-19H,4,7,10-14H2/t16-,17+,18+,19-/m1/s1. The number of fused-ring (bicyclic) bond motifs is 2. The second-order valence-corrected chi connectivity index (χ2v) is 7.27. The molecule has 1 heterocycles. The van der Waals surface area contributed by atoms with E-state index in [9.17, 15) is 4.79 Å². The number of ether oxygens (including phenoxy) is 1. The smallest absolute Gasteiger partial charge is 0.309 e. The van der Waals surface area contributed by atoms with Crippen LogP contribution in [0.5, 0.6) is 0 Å². The molecule has 3 heteroatoms. The minimum atomic E-state index is 0.0356. The summed E-state index contributed by atoms with van der Waals surface area (Å²) in [6.45, 7) is 2.62. The van der Waals surface area contributed by atoms with Gasteiger partial charge in [0.25, 0.3) is 0 Å². The Morgan fingerprint density at radius 2 is 2.04 bits per heavy atom. The monoisotopic (exact) mass is 311 g/mol. The van der Waals surface area contributed by atoms with E-state index in [1.807, 2.05) is 0 Å². The maximum Gasteiger partial charge on any atom is 0.309 e. The highest BCUT2D eigenvalue weighted by Crippen LogP contribution is 2.43. The van der Waals surface area contributed by atoms with Crippen molar-refractivity contribution in [1.29, 1.82) is 0 Å². The summed E-state index contributed by atoms with van der Waals surface area (Å²) in [5.74, 6) is 1.22. The van der Waals surface area contributed by atoms with Crippen LogP contribution in [0.15, 0.2) is 42.5 Å². The molecule has 2 aliphatic carbocycles. The molecule has 1 saturated carbocycles. The largest absolute Gasteiger partial charge is 0.464 e. The van der Waals surface area contributed by atoms with Gasteiger partial charge in [0, 0.05) is 12.6 Å². The van der Waals surface area contributed by atoms with E-state index in [-0.39, 0.29) is 11.9 Å². The quantitative estimate of drug-likeness (QED) is 0.616. The zero-order chi connectivity index (χ0) is 15.6. The van der Waals surface area contributed by atoms with Gasteiger partial charge in [-0.05, 0) is 49.6 Å². The molecule has 122 valence electrons. The molecule has 2 fully saturated rings. The zero-order valence-corrected chi connectivity index (χ0v) is 13.6. The van der Waals surface area contributed by atoms with Crippen LogP contribution in [0.25, 0.3) is 0 Å². The van der Waals surface area contributed by atoms with Crippen molar-refractivity contribution in [2.24, 2.45) is 17.8 Å². The maximum atomic E-state index is 12.4. The molecule has 1 aliphatic heterocycles. The topological polar surface area (TPSA) is 29.5 Å². The van der Waals surface area contributed by atoms with Crippen LogP contribution >= 0.6 is 0 Å². The summed E-state index contributed by atoms with van der Waals surface area (Å²) in [5, 5.41) is 0. The first-order valence-electron chi connectivity index (χ1n) is 8.92. The Kier molecular flexibility index (Phi) is 4.21. The fraction of sp³-hybridized carbons (Fsp3) is 0.550. The number of esters is 1. The molecular weight excluding hydrogens is 286 g/mol. The lowest BCUT2D eigenvalue weighted by Gasteiger charge is -2.25. The van der Waals surface area contributed by atoms with Gasteiger partial charge in [-0.15, -0.1) is 0 Å². The van der Waals surface area contributed by atoms with Crippen molar-refractivity contribution in [3.05, 3.63) is 48.0 Å². The highest BCUT2D eigenvalue weighted by atomic mass is 16.5. The van der Waals surface area contributed by atoms with Crippen molar-refractivity contribution >= 4 is 5.97 Å². The lowest BCUT2D eigenvalue weighted by molar-refractivity contribution is -0.151. The number of carbonyl (C=O) groups excluding carboxylic acids is 1. The van der Waals surface area contributed by atoms with E-state index in [1.54, 1.807) is 0 Å². The summed E-state index contributed by atoms with van der Waals surface area (Å²) in [7, 11) is 0. The molecule has 0 radical (unpaired) electrons. The number of benzene rings is 1. The summed E-state index contributed by atoms with van der Waals surface area (Å²) >= 11 is 0. The Balaban J connectivity index is 1.30. The normalized spacial score (nSPS) is 32.5. The van der Waals surface area contributed by atoms with E-state index in [0.29, 0.717) is 24.5 Å². The Hall–Kier alpha value is -1.61. The van der Waals surface area contributed by atoms with Crippen molar-refractivity contribution in [2.45, 2.75) is 38.3 Å². The molecule has 1 saturated heterocycles. The van der Waals surface area contributed by atoms with E-state index in [2.05, 4.69) is 47.4 Å². The third kappa shape index (κ3) is 3.20. The predicted molar refractivity (Wildman–Crippen MR) is 89.7 cm³/mol. The van der Waals surface area contributed by atoms with Crippen LogP contribution < -0.4 is 0 Å². The van der Waals surface area contributed by atoms with Crippen LogP contribution in [-0.4, -0.2) is 30.1 Å². The van der Waals surface area contributed by atoms with Crippen LogP contribution in [0.3, 0.4) is 0 Å². The van der Waals surface area contributed by atoms with Crippen LogP contribution in [-0.2, 0) is 16.1 Å². The average molecular weight is 311 g/mol. The summed E-state index contributed by atoms with van der Waals surface area (Å²) < 4.78 is 5.72. The van der Waals surface area contributed by atoms with Crippen LogP contribution in [0.2, 0.25) is 0 Å². The second-order valence-electron chi connectivity index (χ2n) is 7.27. The van der Waals surface area contributed by atoms with E-state index >= 15 is 0 Å². The summed E-state index contributed by atoms with van der Waals surface area (Å²) in [6.07, 6.45) is 8.98. The Bertz CT molecular complexity index is 583. The lowest BCUT2D eigenvalue weighted by Crippen LogP contribution is -2.34. The molecule has 23 heavy (non-hydrogen) atoms. The Morgan fingerprint density at radius 3 is 2.78 bits per heavy atom. The number of rotatable bonds is 5. The highest BCUT2D eigenvalue weighted by molar-refractivity contribution is 5.74. The van der Waals surface area contributed by atoms with Gasteiger partial charge in [-0.1, -0.05) is 42.5 Å². The van der Waals surface area contributed by atoms with Crippen molar-refractivity contribution < 1.29 is 9.53 Å². The lowest BCUT2D eigenvalue weighted by atomic mass is 9.94. The third-order valence-electron chi connectivity index (χ3n) is 5.73. The highest BCUT2D eigenvalue weighted by Gasteiger charge is 2.41. The molecule has 3 nitrogen and oxygen atoms in total. The van der Waals surface area contributed by atoms with Crippen LogP contribution in [0, 0.1) is 17.8 Å². The molecule has 0 amide bonds. The van der Waals surface area contributed by atoms with Gasteiger partial charge >= 0.3 is 5.97 Å². The number of hydrogen-bond acceptors (Lipinski definition) is 3. The molecular formula is C20H25NO2.